The van der Waals surface area contributed by atoms with Gasteiger partial charge < -0.3 is 19.3 Å². The van der Waals surface area contributed by atoms with E-state index < -0.39 is 0 Å². The number of carbonyl (C=O) groups is 2. The first-order valence-corrected chi connectivity index (χ1v) is 10.9. The molecule has 6 heteroatoms. The van der Waals surface area contributed by atoms with Crippen molar-refractivity contribution in [2.24, 2.45) is 5.92 Å². The van der Waals surface area contributed by atoms with Gasteiger partial charge >= 0.3 is 0 Å². The van der Waals surface area contributed by atoms with Crippen LogP contribution in [0.15, 0.2) is 0 Å². The van der Waals surface area contributed by atoms with Crippen molar-refractivity contribution in [3.63, 3.8) is 0 Å². The standard InChI is InChI=1S/C21H34N2O4/c1-26-19-20(25)23(21(19)10-14-27-15-11-21)17-8-12-22(13-9-17)18(24)7-6-16-4-2-3-5-16/h16-17,19H,2-15H2,1H3. The second kappa shape index (κ2) is 8.08. The van der Waals surface area contributed by atoms with Gasteiger partial charge in [0.1, 0.15) is 0 Å². The van der Waals surface area contributed by atoms with Gasteiger partial charge in [0.25, 0.3) is 5.91 Å². The highest BCUT2D eigenvalue weighted by Crippen LogP contribution is 2.45. The number of hydrogen-bond acceptors (Lipinski definition) is 4. The van der Waals surface area contributed by atoms with Crippen LogP contribution in [0.2, 0.25) is 0 Å². The van der Waals surface area contributed by atoms with Crippen molar-refractivity contribution in [3.8, 4) is 0 Å². The Kier molecular flexibility index (Phi) is 5.74. The molecule has 0 bridgehead atoms. The number of methoxy groups -OCH3 is 1. The van der Waals surface area contributed by atoms with E-state index in [9.17, 15) is 9.59 Å². The number of ether oxygens (including phenoxy) is 2. The molecule has 0 aromatic carbocycles. The smallest absolute Gasteiger partial charge is 0.254 e. The van der Waals surface area contributed by atoms with Crippen molar-refractivity contribution in [2.45, 2.75) is 81.9 Å². The molecule has 3 saturated heterocycles. The Bertz CT molecular complexity index is 546. The third kappa shape index (κ3) is 3.51. The molecule has 1 atom stereocenters. The molecule has 4 aliphatic rings. The molecule has 1 aliphatic carbocycles. The molecule has 1 saturated carbocycles. The van der Waals surface area contributed by atoms with Gasteiger partial charge in [0.15, 0.2) is 6.10 Å². The third-order valence-corrected chi connectivity index (χ3v) is 7.45. The van der Waals surface area contributed by atoms with E-state index in [1.807, 2.05) is 4.90 Å². The topological polar surface area (TPSA) is 59.1 Å². The third-order valence-electron chi connectivity index (χ3n) is 7.45. The molecule has 0 radical (unpaired) electrons. The number of β-lactam (4-membered cyclic amide) rings is 1. The zero-order chi connectivity index (χ0) is 18.9. The molecule has 27 heavy (non-hydrogen) atoms. The summed E-state index contributed by atoms with van der Waals surface area (Å²) < 4.78 is 11.1. The summed E-state index contributed by atoms with van der Waals surface area (Å²) in [5, 5.41) is 0. The Morgan fingerprint density at radius 2 is 1.81 bits per heavy atom. The molecule has 3 heterocycles. The van der Waals surface area contributed by atoms with Crippen LogP contribution in [0.25, 0.3) is 0 Å². The second-order valence-electron chi connectivity index (χ2n) is 8.84. The SMILES string of the molecule is COC1C(=O)N(C2CCN(C(=O)CCC3CCCC3)CC2)C12CCOCC2. The molecule has 4 rings (SSSR count). The highest BCUT2D eigenvalue weighted by Gasteiger charge is 2.62. The van der Waals surface area contributed by atoms with E-state index in [4.69, 9.17) is 9.47 Å². The number of carbonyl (C=O) groups excluding carboxylic acids is 2. The van der Waals surface area contributed by atoms with Gasteiger partial charge in [-0.15, -0.1) is 0 Å². The molecule has 152 valence electrons. The number of rotatable bonds is 5. The van der Waals surface area contributed by atoms with Gasteiger partial charge in [0, 0.05) is 45.9 Å². The predicted octanol–water partition coefficient (Wildman–Crippen LogP) is 2.35. The van der Waals surface area contributed by atoms with Gasteiger partial charge in [0.2, 0.25) is 5.91 Å². The van der Waals surface area contributed by atoms with E-state index in [1.165, 1.54) is 25.7 Å². The first-order valence-electron chi connectivity index (χ1n) is 10.9. The Labute approximate surface area is 162 Å². The van der Waals surface area contributed by atoms with E-state index in [0.29, 0.717) is 25.5 Å². The predicted molar refractivity (Wildman–Crippen MR) is 101 cm³/mol. The van der Waals surface area contributed by atoms with Gasteiger partial charge in [-0.25, -0.2) is 0 Å². The van der Waals surface area contributed by atoms with E-state index in [2.05, 4.69) is 4.90 Å². The second-order valence-corrected chi connectivity index (χ2v) is 8.84. The zero-order valence-corrected chi connectivity index (χ0v) is 16.7. The Morgan fingerprint density at radius 3 is 2.44 bits per heavy atom. The van der Waals surface area contributed by atoms with Crippen molar-refractivity contribution in [3.05, 3.63) is 0 Å². The van der Waals surface area contributed by atoms with Crippen LogP contribution >= 0.6 is 0 Å². The number of likely N-dealkylation sites (tertiary alicyclic amines) is 2. The van der Waals surface area contributed by atoms with Gasteiger partial charge in [-0.2, -0.15) is 0 Å². The molecule has 3 aliphatic heterocycles. The van der Waals surface area contributed by atoms with Gasteiger partial charge in [-0.3, -0.25) is 9.59 Å². The summed E-state index contributed by atoms with van der Waals surface area (Å²) in [5.41, 5.74) is -0.177. The van der Waals surface area contributed by atoms with Crippen LogP contribution in [0.1, 0.15) is 64.2 Å². The van der Waals surface area contributed by atoms with Crippen LogP contribution < -0.4 is 0 Å². The molecule has 1 unspecified atom stereocenters. The maximum Gasteiger partial charge on any atom is 0.254 e. The number of hydrogen-bond donors (Lipinski definition) is 0. The number of amides is 2. The summed E-state index contributed by atoms with van der Waals surface area (Å²) in [5.74, 6) is 1.21. The highest BCUT2D eigenvalue weighted by atomic mass is 16.5. The van der Waals surface area contributed by atoms with Crippen LogP contribution in [-0.4, -0.2) is 72.7 Å². The number of piperidine rings is 1. The average Bonchev–Trinajstić information content (AvgIpc) is 3.21. The lowest BCUT2D eigenvalue weighted by molar-refractivity contribution is -0.213. The molecule has 0 aromatic heterocycles. The average molecular weight is 379 g/mol. The van der Waals surface area contributed by atoms with Crippen LogP contribution in [0.3, 0.4) is 0 Å². The fourth-order valence-corrected chi connectivity index (χ4v) is 5.89. The molecule has 1 spiro atoms. The van der Waals surface area contributed by atoms with Crippen molar-refractivity contribution < 1.29 is 19.1 Å². The Hall–Kier alpha value is -1.14. The lowest BCUT2D eigenvalue weighted by Crippen LogP contribution is -2.79. The number of nitrogens with zero attached hydrogens (tertiary/aromatic N) is 2. The molecular formula is C21H34N2O4. The van der Waals surface area contributed by atoms with Crippen LogP contribution in [0.5, 0.6) is 0 Å². The summed E-state index contributed by atoms with van der Waals surface area (Å²) in [6.45, 7) is 2.95. The van der Waals surface area contributed by atoms with Crippen molar-refractivity contribution >= 4 is 11.8 Å². The maximum absolute atomic E-state index is 12.7. The first-order chi connectivity index (χ1) is 13.2. The minimum Gasteiger partial charge on any atom is -0.381 e. The summed E-state index contributed by atoms with van der Waals surface area (Å²) in [7, 11) is 1.64. The fraction of sp³-hybridized carbons (Fsp3) is 0.905. The largest absolute Gasteiger partial charge is 0.381 e. The highest BCUT2D eigenvalue weighted by molar-refractivity contribution is 5.91. The molecule has 4 fully saturated rings. The minimum absolute atomic E-state index is 0.130. The molecule has 0 N–H and O–H groups in total. The van der Waals surface area contributed by atoms with E-state index in [1.54, 1.807) is 7.11 Å². The van der Waals surface area contributed by atoms with Crippen LogP contribution in [0, 0.1) is 5.92 Å². The molecule has 0 aromatic rings. The molecule has 6 nitrogen and oxygen atoms in total. The molecule has 2 amide bonds. The van der Waals surface area contributed by atoms with E-state index in [0.717, 1.165) is 51.1 Å². The first kappa shape index (κ1) is 19.2. The minimum atomic E-state index is -0.313. The maximum atomic E-state index is 12.7. The normalized spacial score (nSPS) is 29.4. The fourth-order valence-electron chi connectivity index (χ4n) is 5.89. The summed E-state index contributed by atoms with van der Waals surface area (Å²) in [6.07, 6.45) is 10.2. The summed E-state index contributed by atoms with van der Waals surface area (Å²) in [4.78, 5) is 29.4. The van der Waals surface area contributed by atoms with Crippen LogP contribution in [-0.2, 0) is 19.1 Å². The quantitative estimate of drug-likeness (QED) is 0.689. The summed E-state index contributed by atoms with van der Waals surface area (Å²) in [6, 6.07) is 0.237. The van der Waals surface area contributed by atoms with E-state index >= 15 is 0 Å². The van der Waals surface area contributed by atoms with Gasteiger partial charge in [-0.1, -0.05) is 25.7 Å². The van der Waals surface area contributed by atoms with Crippen molar-refractivity contribution in [1.82, 2.24) is 9.80 Å². The zero-order valence-electron chi connectivity index (χ0n) is 16.7. The lowest BCUT2D eigenvalue weighted by atomic mass is 9.72. The Morgan fingerprint density at radius 1 is 1.15 bits per heavy atom. The summed E-state index contributed by atoms with van der Waals surface area (Å²) >= 11 is 0. The molecular weight excluding hydrogens is 344 g/mol. The van der Waals surface area contributed by atoms with E-state index in [-0.39, 0.29) is 23.6 Å². The van der Waals surface area contributed by atoms with Crippen LogP contribution in [0.4, 0.5) is 0 Å². The monoisotopic (exact) mass is 378 g/mol. The lowest BCUT2D eigenvalue weighted by Gasteiger charge is -2.61. The van der Waals surface area contributed by atoms with Crippen molar-refractivity contribution in [2.75, 3.05) is 33.4 Å². The van der Waals surface area contributed by atoms with Gasteiger partial charge in [-0.05, 0) is 38.0 Å². The van der Waals surface area contributed by atoms with Crippen molar-refractivity contribution in [1.29, 1.82) is 0 Å². The Balaban J connectivity index is 1.30. The van der Waals surface area contributed by atoms with Gasteiger partial charge in [0.05, 0.1) is 5.54 Å².